The Kier molecular flexibility index (Phi) is 16.4. The molecule has 0 aromatic rings. The van der Waals surface area contributed by atoms with Crippen LogP contribution in [0.5, 0.6) is 0 Å². The van der Waals surface area contributed by atoms with Gasteiger partial charge in [0.25, 0.3) is 0 Å². The van der Waals surface area contributed by atoms with Crippen LogP contribution in [0.3, 0.4) is 0 Å². The summed E-state index contributed by atoms with van der Waals surface area (Å²) in [5.74, 6) is 5.21. The van der Waals surface area contributed by atoms with Crippen molar-refractivity contribution in [2.45, 2.75) is 214 Å². The molecule has 0 spiro atoms. The second-order valence-electron chi connectivity index (χ2n) is 18.5. The van der Waals surface area contributed by atoms with Gasteiger partial charge in [-0.1, -0.05) is 124 Å². The van der Waals surface area contributed by atoms with Gasteiger partial charge in [-0.15, -0.1) is 0 Å². The molecule has 10 atom stereocenters. The van der Waals surface area contributed by atoms with Gasteiger partial charge in [0.2, 0.25) is 0 Å². The van der Waals surface area contributed by atoms with E-state index in [1.165, 1.54) is 128 Å². The highest BCUT2D eigenvalue weighted by atomic mass is 16.5. The maximum absolute atomic E-state index is 13.3. The van der Waals surface area contributed by atoms with Crippen LogP contribution in [-0.4, -0.2) is 23.3 Å². The molecule has 0 radical (unpaired) electrons. The molecule has 4 aliphatic carbocycles. The van der Waals surface area contributed by atoms with E-state index in [2.05, 4.69) is 53.7 Å². The molecular formula is C45H80O3. The lowest BCUT2D eigenvalue weighted by Gasteiger charge is -2.62. The number of aliphatic hydroxyl groups is 1. The number of unbranched alkanes of at least 4 members (excludes halogenated alkanes) is 11. The van der Waals surface area contributed by atoms with Gasteiger partial charge in [-0.3, -0.25) is 4.79 Å². The number of carbonyl (C=O) groups is 1. The van der Waals surface area contributed by atoms with Crippen LogP contribution >= 0.6 is 0 Å². The van der Waals surface area contributed by atoms with Crippen molar-refractivity contribution in [3.63, 3.8) is 0 Å². The maximum Gasteiger partial charge on any atom is 0.306 e. The van der Waals surface area contributed by atoms with E-state index in [4.69, 9.17) is 4.74 Å². The molecule has 0 aliphatic heterocycles. The smallest absolute Gasteiger partial charge is 0.306 e. The van der Waals surface area contributed by atoms with E-state index >= 15 is 0 Å². The molecule has 4 fully saturated rings. The monoisotopic (exact) mass is 669 g/mol. The van der Waals surface area contributed by atoms with Gasteiger partial charge in [0.05, 0.1) is 6.10 Å². The van der Waals surface area contributed by atoms with Crippen molar-refractivity contribution in [3.05, 3.63) is 12.2 Å². The first-order valence-electron chi connectivity index (χ1n) is 21.6. The zero-order valence-corrected chi connectivity index (χ0v) is 32.8. The summed E-state index contributed by atoms with van der Waals surface area (Å²) in [5, 5.41) is 11.0. The van der Waals surface area contributed by atoms with E-state index in [0.717, 1.165) is 48.9 Å². The Hall–Kier alpha value is -0.830. The average molecular weight is 669 g/mol. The van der Waals surface area contributed by atoms with Gasteiger partial charge >= 0.3 is 5.97 Å². The zero-order chi connectivity index (χ0) is 34.6. The van der Waals surface area contributed by atoms with Gasteiger partial charge in [-0.25, -0.2) is 0 Å². The fraction of sp³-hybridized carbons (Fsp3) is 0.933. The van der Waals surface area contributed by atoms with Gasteiger partial charge in [-0.2, -0.15) is 0 Å². The van der Waals surface area contributed by atoms with Crippen molar-refractivity contribution in [2.75, 3.05) is 0 Å². The number of allylic oxidation sites excluding steroid dienone is 2. The minimum Gasteiger partial charge on any atom is -0.462 e. The number of fused-ring (bicyclic) bond motifs is 5. The van der Waals surface area contributed by atoms with Gasteiger partial charge in [0.15, 0.2) is 0 Å². The molecule has 2 unspecified atom stereocenters. The van der Waals surface area contributed by atoms with Crippen molar-refractivity contribution < 1.29 is 14.6 Å². The number of esters is 1. The highest BCUT2D eigenvalue weighted by molar-refractivity contribution is 5.69. The molecule has 48 heavy (non-hydrogen) atoms. The Morgan fingerprint density at radius 3 is 2.12 bits per heavy atom. The summed E-state index contributed by atoms with van der Waals surface area (Å²) in [5.41, 5.74) is 0.495. The minimum atomic E-state index is -0.325. The number of hydrogen-bond donors (Lipinski definition) is 1. The standard InChI is InChI=1S/C45H80O3/c1-7-8-9-10-11-12-13-14-15-16-17-18-19-20-21-25-43(47)48-42-33-37(46)32-36-26-27-38-40-29-28-39(35(4)24-22-23-34(2)3)44(40,5)31-30-41(38)45(36,42)6/h14-15,34-42,46H,7-13,16-33H2,1-6H3/b15-14-/t35-,36?,37+,38+,39-,40+,41+,42?,44-,45-/m1/s1. The Morgan fingerprint density at radius 2 is 1.44 bits per heavy atom. The fourth-order valence-corrected chi connectivity index (χ4v) is 12.0. The zero-order valence-electron chi connectivity index (χ0n) is 32.8. The maximum atomic E-state index is 13.3. The average Bonchev–Trinajstić information content (AvgIpc) is 3.40. The van der Waals surface area contributed by atoms with E-state index in [1.54, 1.807) is 0 Å². The molecule has 278 valence electrons. The predicted octanol–water partition coefficient (Wildman–Crippen LogP) is 13.0. The highest BCUT2D eigenvalue weighted by Crippen LogP contribution is 2.68. The number of ether oxygens (including phenoxy) is 1. The summed E-state index contributed by atoms with van der Waals surface area (Å²) in [6.45, 7) is 14.7. The lowest BCUT2D eigenvalue weighted by atomic mass is 9.43. The van der Waals surface area contributed by atoms with Gasteiger partial charge in [-0.05, 0) is 124 Å². The molecule has 0 bridgehead atoms. The first-order chi connectivity index (χ1) is 23.1. The first kappa shape index (κ1) is 39.9. The summed E-state index contributed by atoms with van der Waals surface area (Å²) in [4.78, 5) is 13.3. The summed E-state index contributed by atoms with van der Waals surface area (Å²) in [6.07, 6.45) is 35.0. The molecular weight excluding hydrogens is 588 g/mol. The van der Waals surface area contributed by atoms with Crippen molar-refractivity contribution in [1.82, 2.24) is 0 Å². The second-order valence-corrected chi connectivity index (χ2v) is 18.5. The van der Waals surface area contributed by atoms with Crippen molar-refractivity contribution in [2.24, 2.45) is 52.3 Å². The number of rotatable bonds is 21. The van der Waals surface area contributed by atoms with Crippen molar-refractivity contribution in [3.8, 4) is 0 Å². The Bertz CT molecular complexity index is 956. The lowest BCUT2D eigenvalue weighted by molar-refractivity contribution is -0.203. The molecule has 0 saturated heterocycles. The van der Waals surface area contributed by atoms with Crippen LogP contribution < -0.4 is 0 Å². The summed E-state index contributed by atoms with van der Waals surface area (Å²) < 4.78 is 6.45. The largest absolute Gasteiger partial charge is 0.462 e. The topological polar surface area (TPSA) is 46.5 Å². The van der Waals surface area contributed by atoms with Crippen LogP contribution in [0.4, 0.5) is 0 Å². The molecule has 0 heterocycles. The van der Waals surface area contributed by atoms with Gasteiger partial charge < -0.3 is 9.84 Å². The van der Waals surface area contributed by atoms with E-state index in [1.807, 2.05) is 0 Å². The third-order valence-corrected chi connectivity index (χ3v) is 14.8. The van der Waals surface area contributed by atoms with Crippen LogP contribution in [-0.2, 0) is 9.53 Å². The van der Waals surface area contributed by atoms with E-state index in [0.29, 0.717) is 30.1 Å². The van der Waals surface area contributed by atoms with Crippen molar-refractivity contribution >= 4 is 5.97 Å². The van der Waals surface area contributed by atoms with Crippen LogP contribution in [0.2, 0.25) is 0 Å². The van der Waals surface area contributed by atoms with E-state index in [9.17, 15) is 9.90 Å². The third kappa shape index (κ3) is 10.4. The molecule has 3 nitrogen and oxygen atoms in total. The highest BCUT2D eigenvalue weighted by Gasteiger charge is 2.63. The van der Waals surface area contributed by atoms with E-state index in [-0.39, 0.29) is 23.6 Å². The Balaban J connectivity index is 1.21. The van der Waals surface area contributed by atoms with Crippen LogP contribution in [0, 0.1) is 52.3 Å². The molecule has 0 aromatic heterocycles. The van der Waals surface area contributed by atoms with Crippen LogP contribution in [0.25, 0.3) is 0 Å². The summed E-state index contributed by atoms with van der Waals surface area (Å²) in [7, 11) is 0. The Labute approximate surface area is 298 Å². The quantitative estimate of drug-likeness (QED) is 0.0752. The van der Waals surface area contributed by atoms with Gasteiger partial charge in [0, 0.05) is 18.3 Å². The summed E-state index contributed by atoms with van der Waals surface area (Å²) >= 11 is 0. The molecule has 4 aliphatic rings. The SMILES string of the molecule is CCCCCCCC/C=C\CCCCCCCC(=O)OC1C[C@@H](O)CC2CC[C@@H]3[C@H](CC[C@]4(C)[C@@H]([C@H](C)CCCC(C)C)CC[C@@H]34)[C@@]21C. The molecule has 3 heteroatoms. The number of carbonyl (C=O) groups excluding carboxylic acids is 1. The summed E-state index contributed by atoms with van der Waals surface area (Å²) in [6, 6.07) is 0. The van der Waals surface area contributed by atoms with Crippen LogP contribution in [0.15, 0.2) is 12.2 Å². The van der Waals surface area contributed by atoms with Crippen LogP contribution in [0.1, 0.15) is 202 Å². The fourth-order valence-electron chi connectivity index (χ4n) is 12.0. The number of aliphatic hydroxyl groups excluding tert-OH is 1. The molecule has 4 rings (SSSR count). The van der Waals surface area contributed by atoms with E-state index < -0.39 is 0 Å². The van der Waals surface area contributed by atoms with Gasteiger partial charge in [0.1, 0.15) is 6.10 Å². The molecule has 1 N–H and O–H groups in total. The number of hydrogen-bond acceptors (Lipinski definition) is 3. The normalized spacial score (nSPS) is 35.4. The Morgan fingerprint density at radius 1 is 0.771 bits per heavy atom. The van der Waals surface area contributed by atoms with Crippen molar-refractivity contribution in [1.29, 1.82) is 0 Å². The lowest BCUT2D eigenvalue weighted by Crippen LogP contribution is -2.60. The molecule has 0 aromatic carbocycles. The first-order valence-corrected chi connectivity index (χ1v) is 21.6. The molecule has 0 amide bonds. The third-order valence-electron chi connectivity index (χ3n) is 14.8. The predicted molar refractivity (Wildman–Crippen MR) is 204 cm³/mol. The minimum absolute atomic E-state index is 0.00868. The second kappa shape index (κ2) is 19.7. The molecule has 4 saturated carbocycles.